The summed E-state index contributed by atoms with van der Waals surface area (Å²) in [6.45, 7) is 2.59. The molecule has 0 bridgehead atoms. The first-order valence-electron chi connectivity index (χ1n) is 6.15. The molecule has 0 saturated carbocycles. The molecular formula is C13H14BrN3O2. The molecule has 0 unspecified atom stereocenters. The molecule has 1 fully saturated rings. The van der Waals surface area contributed by atoms with Crippen molar-refractivity contribution in [2.24, 2.45) is 0 Å². The Bertz CT molecular complexity index is 599. The minimum absolute atomic E-state index is 0.0551. The first kappa shape index (κ1) is 12.8. The summed E-state index contributed by atoms with van der Waals surface area (Å²) in [4.78, 5) is 4.41. The van der Waals surface area contributed by atoms with Gasteiger partial charge in [-0.05, 0) is 31.0 Å². The molecule has 2 aromatic rings. The molecule has 0 aliphatic carbocycles. The second kappa shape index (κ2) is 5.03. The maximum Gasteiger partial charge on any atom is 0.244 e. The smallest absolute Gasteiger partial charge is 0.244 e. The lowest BCUT2D eigenvalue weighted by molar-refractivity contribution is 0.191. The summed E-state index contributed by atoms with van der Waals surface area (Å²) in [6, 6.07) is 5.93. The van der Waals surface area contributed by atoms with Crippen LogP contribution in [0.4, 0.5) is 0 Å². The number of hydrogen-bond acceptors (Lipinski definition) is 5. The van der Waals surface area contributed by atoms with Gasteiger partial charge in [0, 0.05) is 16.6 Å². The second-order valence-electron chi connectivity index (χ2n) is 4.79. The Morgan fingerprint density at radius 1 is 1.47 bits per heavy atom. The molecular weight excluding hydrogens is 310 g/mol. The van der Waals surface area contributed by atoms with E-state index in [-0.39, 0.29) is 12.1 Å². The summed E-state index contributed by atoms with van der Waals surface area (Å²) < 4.78 is 6.22. The molecule has 0 amide bonds. The SMILES string of the molecule is Cc1ccc(-c2noc([C@H]3C[C@@H](O)CN3)n2)c(Br)c1. The van der Waals surface area contributed by atoms with Gasteiger partial charge in [0.05, 0.1) is 12.1 Å². The van der Waals surface area contributed by atoms with Crippen molar-refractivity contribution in [1.82, 2.24) is 15.5 Å². The number of aromatic nitrogens is 2. The monoisotopic (exact) mass is 323 g/mol. The Morgan fingerprint density at radius 3 is 3.00 bits per heavy atom. The van der Waals surface area contributed by atoms with Crippen LogP contribution in [-0.4, -0.2) is 27.9 Å². The van der Waals surface area contributed by atoms with Gasteiger partial charge in [0.25, 0.3) is 0 Å². The Hall–Kier alpha value is -1.24. The fourth-order valence-electron chi connectivity index (χ4n) is 2.19. The van der Waals surface area contributed by atoms with Crippen molar-refractivity contribution < 1.29 is 9.63 Å². The number of benzene rings is 1. The zero-order valence-corrected chi connectivity index (χ0v) is 12.0. The number of β-amino-alcohol motifs (C(OH)–C–C–N with tert-alkyl or cyclic N) is 1. The van der Waals surface area contributed by atoms with Crippen LogP contribution in [0, 0.1) is 6.92 Å². The number of aliphatic hydroxyl groups excluding tert-OH is 1. The number of nitrogens with one attached hydrogen (secondary N) is 1. The van der Waals surface area contributed by atoms with Crippen LogP contribution in [-0.2, 0) is 0 Å². The Morgan fingerprint density at radius 2 is 2.32 bits per heavy atom. The normalized spacial score (nSPS) is 22.9. The lowest BCUT2D eigenvalue weighted by Gasteiger charge is -2.02. The Labute approximate surface area is 119 Å². The van der Waals surface area contributed by atoms with Crippen molar-refractivity contribution in [2.45, 2.75) is 25.5 Å². The van der Waals surface area contributed by atoms with Gasteiger partial charge < -0.3 is 14.9 Å². The largest absolute Gasteiger partial charge is 0.392 e. The number of nitrogens with zero attached hydrogens (tertiary/aromatic N) is 2. The van der Waals surface area contributed by atoms with Crippen LogP contribution in [0.2, 0.25) is 0 Å². The van der Waals surface area contributed by atoms with Crippen LogP contribution >= 0.6 is 15.9 Å². The van der Waals surface area contributed by atoms with E-state index in [0.29, 0.717) is 24.7 Å². The molecule has 19 heavy (non-hydrogen) atoms. The van der Waals surface area contributed by atoms with Gasteiger partial charge >= 0.3 is 0 Å². The van der Waals surface area contributed by atoms with Gasteiger partial charge in [-0.15, -0.1) is 0 Å². The molecule has 1 aliphatic rings. The van der Waals surface area contributed by atoms with Gasteiger partial charge in [0.2, 0.25) is 11.7 Å². The number of hydrogen-bond donors (Lipinski definition) is 2. The standard InChI is InChI=1S/C13H14BrN3O2/c1-7-2-3-9(10(14)4-7)12-16-13(19-17-12)11-5-8(18)6-15-11/h2-4,8,11,15,18H,5-6H2,1H3/t8-,11-/m1/s1. The highest BCUT2D eigenvalue weighted by Crippen LogP contribution is 2.29. The van der Waals surface area contributed by atoms with E-state index < -0.39 is 0 Å². The lowest BCUT2D eigenvalue weighted by Crippen LogP contribution is -2.15. The summed E-state index contributed by atoms with van der Waals surface area (Å²) >= 11 is 3.51. The molecule has 1 aromatic carbocycles. The molecule has 5 nitrogen and oxygen atoms in total. The van der Waals surface area contributed by atoms with Crippen molar-refractivity contribution in [1.29, 1.82) is 0 Å². The highest BCUT2D eigenvalue weighted by Gasteiger charge is 2.28. The van der Waals surface area contributed by atoms with Crippen molar-refractivity contribution in [3.63, 3.8) is 0 Å². The molecule has 0 spiro atoms. The third-order valence-electron chi connectivity index (χ3n) is 3.21. The number of aryl methyl sites for hydroxylation is 1. The summed E-state index contributed by atoms with van der Waals surface area (Å²) in [7, 11) is 0. The molecule has 3 rings (SSSR count). The van der Waals surface area contributed by atoms with Gasteiger partial charge in [-0.25, -0.2) is 0 Å². The predicted octanol–water partition coefficient (Wildman–Crippen LogP) is 2.20. The van der Waals surface area contributed by atoms with Crippen LogP contribution in [0.3, 0.4) is 0 Å². The quantitative estimate of drug-likeness (QED) is 0.886. The highest BCUT2D eigenvalue weighted by molar-refractivity contribution is 9.10. The average molecular weight is 324 g/mol. The molecule has 0 radical (unpaired) electrons. The lowest BCUT2D eigenvalue weighted by atomic mass is 10.1. The fourth-order valence-corrected chi connectivity index (χ4v) is 2.86. The molecule has 6 heteroatoms. The highest BCUT2D eigenvalue weighted by atomic mass is 79.9. The van der Waals surface area contributed by atoms with E-state index in [0.717, 1.165) is 10.0 Å². The molecule has 2 N–H and O–H groups in total. The van der Waals surface area contributed by atoms with Crippen LogP contribution < -0.4 is 5.32 Å². The maximum atomic E-state index is 9.50. The molecule has 2 atom stereocenters. The van der Waals surface area contributed by atoms with Gasteiger partial charge in [-0.1, -0.05) is 27.2 Å². The first-order valence-corrected chi connectivity index (χ1v) is 6.94. The Balaban J connectivity index is 1.88. The number of aliphatic hydroxyl groups is 1. The van der Waals surface area contributed by atoms with Crippen LogP contribution in [0.5, 0.6) is 0 Å². The topological polar surface area (TPSA) is 71.2 Å². The molecule has 1 saturated heterocycles. The van der Waals surface area contributed by atoms with E-state index >= 15 is 0 Å². The minimum Gasteiger partial charge on any atom is -0.392 e. The third kappa shape index (κ3) is 2.56. The molecule has 2 heterocycles. The fraction of sp³-hybridized carbons (Fsp3) is 0.385. The zero-order chi connectivity index (χ0) is 13.4. The summed E-state index contributed by atoms with van der Waals surface area (Å²) in [5, 5.41) is 16.7. The molecule has 100 valence electrons. The third-order valence-corrected chi connectivity index (χ3v) is 3.87. The maximum absolute atomic E-state index is 9.50. The Kier molecular flexibility index (Phi) is 3.38. The van der Waals surface area contributed by atoms with Gasteiger partial charge in [-0.3, -0.25) is 0 Å². The van der Waals surface area contributed by atoms with Gasteiger partial charge in [0.1, 0.15) is 0 Å². The van der Waals surface area contributed by atoms with Crippen molar-refractivity contribution in [3.8, 4) is 11.4 Å². The summed E-state index contributed by atoms with van der Waals surface area (Å²) in [5.74, 6) is 1.09. The zero-order valence-electron chi connectivity index (χ0n) is 10.4. The van der Waals surface area contributed by atoms with Crippen LogP contribution in [0.25, 0.3) is 11.4 Å². The summed E-state index contributed by atoms with van der Waals surface area (Å²) in [5.41, 5.74) is 2.07. The van der Waals surface area contributed by atoms with Crippen molar-refractivity contribution in [2.75, 3.05) is 6.54 Å². The van der Waals surface area contributed by atoms with E-state index in [4.69, 9.17) is 4.52 Å². The molecule has 1 aliphatic heterocycles. The van der Waals surface area contributed by atoms with Crippen LogP contribution in [0.1, 0.15) is 23.9 Å². The van der Waals surface area contributed by atoms with E-state index in [1.54, 1.807) is 0 Å². The average Bonchev–Trinajstić information content (AvgIpc) is 2.97. The van der Waals surface area contributed by atoms with Gasteiger partial charge in [0.15, 0.2) is 0 Å². The minimum atomic E-state index is -0.341. The van der Waals surface area contributed by atoms with E-state index in [1.165, 1.54) is 5.56 Å². The summed E-state index contributed by atoms with van der Waals surface area (Å²) in [6.07, 6.45) is 0.267. The number of halogens is 1. The van der Waals surface area contributed by atoms with Crippen LogP contribution in [0.15, 0.2) is 27.2 Å². The number of rotatable bonds is 2. The van der Waals surface area contributed by atoms with Crippen molar-refractivity contribution >= 4 is 15.9 Å². The van der Waals surface area contributed by atoms with E-state index in [2.05, 4.69) is 31.4 Å². The second-order valence-corrected chi connectivity index (χ2v) is 5.64. The van der Waals surface area contributed by atoms with Gasteiger partial charge in [-0.2, -0.15) is 4.98 Å². The van der Waals surface area contributed by atoms with E-state index in [1.807, 2.05) is 25.1 Å². The predicted molar refractivity (Wildman–Crippen MR) is 73.5 cm³/mol. The first-order chi connectivity index (χ1) is 9.13. The van der Waals surface area contributed by atoms with E-state index in [9.17, 15) is 5.11 Å². The molecule has 1 aromatic heterocycles. The van der Waals surface area contributed by atoms with Crippen molar-refractivity contribution in [3.05, 3.63) is 34.1 Å².